The highest BCUT2D eigenvalue weighted by Crippen LogP contribution is 2.09. The summed E-state index contributed by atoms with van der Waals surface area (Å²) in [5, 5.41) is 5.55. The fourth-order valence-corrected chi connectivity index (χ4v) is 4.13. The number of hydrogen-bond acceptors (Lipinski definition) is 3. The summed E-state index contributed by atoms with van der Waals surface area (Å²) >= 11 is 0. The Balaban J connectivity index is 1.63. The quantitative estimate of drug-likeness (QED) is 0.571. The van der Waals surface area contributed by atoms with Crippen molar-refractivity contribution in [1.29, 1.82) is 0 Å². The van der Waals surface area contributed by atoms with Crippen LogP contribution in [0.4, 0.5) is 5.69 Å². The zero-order valence-electron chi connectivity index (χ0n) is 16.2. The van der Waals surface area contributed by atoms with Crippen molar-refractivity contribution in [3.8, 4) is 0 Å². The number of aryl methyl sites for hydroxylation is 1. The normalized spacial score (nSPS) is 16.3. The lowest BCUT2D eigenvalue weighted by molar-refractivity contribution is -0.898. The van der Waals surface area contributed by atoms with Gasteiger partial charge in [0.25, 0.3) is 0 Å². The Morgan fingerprint density at radius 2 is 1.63 bits per heavy atom. The first kappa shape index (κ1) is 21.6. The van der Waals surface area contributed by atoms with Crippen LogP contribution in [0.25, 0.3) is 0 Å². The minimum Gasteiger partial charge on any atom is -0.350 e. The van der Waals surface area contributed by atoms with E-state index >= 15 is 0 Å². The van der Waals surface area contributed by atoms with Crippen molar-refractivity contribution in [2.45, 2.75) is 39.0 Å². The molecule has 1 heterocycles. The van der Waals surface area contributed by atoms with Crippen LogP contribution in [0.1, 0.15) is 38.2 Å². The highest BCUT2D eigenvalue weighted by Gasteiger charge is 2.15. The fraction of sp³-hybridized carbons (Fsp3) is 0.600. The number of likely N-dealkylation sites (tertiary alicyclic amines) is 1. The molecule has 1 aliphatic heterocycles. The molecule has 7 heteroatoms. The highest BCUT2D eigenvalue weighted by atomic mass is 32.2. The molecule has 150 valence electrons. The summed E-state index contributed by atoms with van der Waals surface area (Å²) in [6.45, 7) is 5.91. The van der Waals surface area contributed by atoms with Crippen LogP contribution in [0.15, 0.2) is 24.3 Å². The van der Waals surface area contributed by atoms with E-state index in [0.29, 0.717) is 12.2 Å². The van der Waals surface area contributed by atoms with Crippen molar-refractivity contribution in [3.05, 3.63) is 29.8 Å². The molecule has 0 aromatic heterocycles. The molecule has 2 amide bonds. The Hall–Kier alpha value is -1.73. The van der Waals surface area contributed by atoms with Gasteiger partial charge in [-0.3, -0.25) is 13.8 Å². The molecule has 0 spiro atoms. The first-order valence-corrected chi connectivity index (χ1v) is 11.4. The maximum Gasteiger partial charge on any atom is 0.237 e. The minimum atomic E-state index is -1.50. The van der Waals surface area contributed by atoms with E-state index in [4.69, 9.17) is 0 Å². The summed E-state index contributed by atoms with van der Waals surface area (Å²) < 4.78 is 12.0. The van der Waals surface area contributed by atoms with E-state index in [9.17, 15) is 13.8 Å². The third-order valence-corrected chi connectivity index (χ3v) is 6.01. The molecule has 3 N–H and O–H groups in total. The lowest BCUT2D eigenvalue weighted by Gasteiger charge is -2.17. The monoisotopic (exact) mass is 394 g/mol. The van der Waals surface area contributed by atoms with Gasteiger partial charge < -0.3 is 15.5 Å². The topological polar surface area (TPSA) is 79.7 Å². The molecule has 0 saturated carbocycles. The summed E-state index contributed by atoms with van der Waals surface area (Å²) in [4.78, 5) is 25.4. The molecular formula is C20H32N3O3S+. The largest absolute Gasteiger partial charge is 0.350 e. The zero-order chi connectivity index (χ0) is 19.5. The average molecular weight is 395 g/mol. The molecule has 0 aliphatic carbocycles. The Labute approximate surface area is 164 Å². The second kappa shape index (κ2) is 11.9. The predicted octanol–water partition coefficient (Wildman–Crippen LogP) is 0.511. The molecule has 1 saturated heterocycles. The van der Waals surface area contributed by atoms with Crippen LogP contribution in [-0.2, 0) is 26.8 Å². The van der Waals surface area contributed by atoms with Gasteiger partial charge in [0.05, 0.1) is 26.2 Å². The lowest BCUT2D eigenvalue weighted by atomic mass is 10.1. The van der Waals surface area contributed by atoms with Gasteiger partial charge in [-0.1, -0.05) is 19.1 Å². The summed E-state index contributed by atoms with van der Waals surface area (Å²) in [6, 6.07) is 7.56. The van der Waals surface area contributed by atoms with Gasteiger partial charge in [-0.25, -0.2) is 0 Å². The molecule has 0 radical (unpaired) electrons. The molecule has 27 heavy (non-hydrogen) atoms. The SMILES string of the molecule is CCc1ccc(NC(=O)C[S@@](=O)CC(=O)NCC[NH+]2CCCCCC2)cc1. The van der Waals surface area contributed by atoms with Crippen LogP contribution in [0.5, 0.6) is 0 Å². The van der Waals surface area contributed by atoms with Gasteiger partial charge in [0.2, 0.25) is 11.8 Å². The summed E-state index contributed by atoms with van der Waals surface area (Å²) in [6.07, 6.45) is 6.05. The molecule has 1 aromatic rings. The van der Waals surface area contributed by atoms with Crippen LogP contribution in [-0.4, -0.2) is 53.7 Å². The second-order valence-electron chi connectivity index (χ2n) is 7.09. The molecule has 1 aromatic carbocycles. The number of carbonyl (C=O) groups excluding carboxylic acids is 2. The van der Waals surface area contributed by atoms with Gasteiger partial charge in [0, 0.05) is 16.5 Å². The lowest BCUT2D eigenvalue weighted by Crippen LogP contribution is -3.12. The maximum absolute atomic E-state index is 12.0. The first-order valence-electron chi connectivity index (χ1n) is 9.91. The van der Waals surface area contributed by atoms with Gasteiger partial charge in [-0.2, -0.15) is 0 Å². The average Bonchev–Trinajstić information content (AvgIpc) is 2.91. The van der Waals surface area contributed by atoms with Crippen LogP contribution in [0.3, 0.4) is 0 Å². The van der Waals surface area contributed by atoms with Crippen molar-refractivity contribution in [3.63, 3.8) is 0 Å². The number of hydrogen-bond donors (Lipinski definition) is 3. The Morgan fingerprint density at radius 1 is 1.00 bits per heavy atom. The van der Waals surface area contributed by atoms with Gasteiger partial charge in [0.15, 0.2) is 0 Å². The molecule has 0 bridgehead atoms. The van der Waals surface area contributed by atoms with E-state index in [1.54, 1.807) is 0 Å². The van der Waals surface area contributed by atoms with Crippen molar-refractivity contribution in [2.24, 2.45) is 0 Å². The van der Waals surface area contributed by atoms with E-state index in [2.05, 4.69) is 17.6 Å². The van der Waals surface area contributed by atoms with Crippen LogP contribution in [0.2, 0.25) is 0 Å². The third kappa shape index (κ3) is 8.67. The number of quaternary nitrogens is 1. The van der Waals surface area contributed by atoms with Crippen molar-refractivity contribution in [2.75, 3.05) is 43.0 Å². The molecular weight excluding hydrogens is 362 g/mol. The second-order valence-corrected chi connectivity index (χ2v) is 8.55. The Morgan fingerprint density at radius 3 is 2.26 bits per heavy atom. The first-order chi connectivity index (χ1) is 13.1. The zero-order valence-corrected chi connectivity index (χ0v) is 17.0. The van der Waals surface area contributed by atoms with Crippen LogP contribution >= 0.6 is 0 Å². The van der Waals surface area contributed by atoms with E-state index in [0.717, 1.165) is 13.0 Å². The van der Waals surface area contributed by atoms with Gasteiger partial charge in [-0.05, 0) is 49.8 Å². The Bertz CT molecular complexity index is 626. The minimum absolute atomic E-state index is 0.127. The van der Waals surface area contributed by atoms with Crippen LogP contribution < -0.4 is 15.5 Å². The molecule has 1 aliphatic rings. The van der Waals surface area contributed by atoms with E-state index in [1.807, 2.05) is 24.3 Å². The van der Waals surface area contributed by atoms with Crippen LogP contribution in [0, 0.1) is 0 Å². The number of benzene rings is 1. The summed E-state index contributed by atoms with van der Waals surface area (Å²) in [7, 11) is -1.50. The number of carbonyl (C=O) groups is 2. The fourth-order valence-electron chi connectivity index (χ4n) is 3.27. The molecule has 1 atom stereocenters. The van der Waals surface area contributed by atoms with Crippen molar-refractivity contribution in [1.82, 2.24) is 5.32 Å². The number of rotatable bonds is 9. The standard InChI is InChI=1S/C20H31N3O3S/c1-2-17-7-9-18(10-8-17)22-20(25)16-27(26)15-19(24)21-11-14-23-12-5-3-4-6-13-23/h7-10H,2-6,11-16H2,1H3,(H,21,24)(H,22,25)/p+1/t27-/m0/s1. The third-order valence-electron chi connectivity index (χ3n) is 4.84. The smallest absolute Gasteiger partial charge is 0.237 e. The van der Waals surface area contributed by atoms with E-state index < -0.39 is 10.8 Å². The van der Waals surface area contributed by atoms with Gasteiger partial charge in [0.1, 0.15) is 11.5 Å². The van der Waals surface area contributed by atoms with E-state index in [1.165, 1.54) is 49.2 Å². The van der Waals surface area contributed by atoms with Crippen molar-refractivity contribution < 1.29 is 18.7 Å². The van der Waals surface area contributed by atoms with Gasteiger partial charge in [-0.15, -0.1) is 0 Å². The molecule has 0 unspecified atom stereocenters. The molecule has 1 fully saturated rings. The van der Waals surface area contributed by atoms with E-state index in [-0.39, 0.29) is 23.3 Å². The Kier molecular flexibility index (Phi) is 9.48. The molecule has 6 nitrogen and oxygen atoms in total. The highest BCUT2D eigenvalue weighted by molar-refractivity contribution is 7.86. The van der Waals surface area contributed by atoms with Crippen molar-refractivity contribution >= 4 is 28.3 Å². The summed E-state index contributed by atoms with van der Waals surface area (Å²) in [5.74, 6) is -0.875. The molecule has 2 rings (SSSR count). The van der Waals surface area contributed by atoms with Gasteiger partial charge >= 0.3 is 0 Å². The number of anilines is 1. The summed E-state index contributed by atoms with van der Waals surface area (Å²) in [5.41, 5.74) is 1.87. The maximum atomic E-state index is 12.0. The number of amides is 2. The number of nitrogens with one attached hydrogen (secondary N) is 3. The predicted molar refractivity (Wildman–Crippen MR) is 109 cm³/mol.